The van der Waals surface area contributed by atoms with Gasteiger partial charge in [0.05, 0.1) is 24.5 Å². The van der Waals surface area contributed by atoms with Crippen molar-refractivity contribution in [2.75, 3.05) is 19.6 Å². The Labute approximate surface area is 146 Å². The van der Waals surface area contributed by atoms with Gasteiger partial charge in [-0.05, 0) is 11.6 Å². The first kappa shape index (κ1) is 15.9. The maximum Gasteiger partial charge on any atom is 0.127 e. The van der Waals surface area contributed by atoms with Crippen molar-refractivity contribution < 1.29 is 0 Å². The van der Waals surface area contributed by atoms with Crippen LogP contribution in [0.1, 0.15) is 23.1 Å². The molecule has 0 saturated carbocycles. The van der Waals surface area contributed by atoms with E-state index in [2.05, 4.69) is 35.1 Å². The van der Waals surface area contributed by atoms with Crippen molar-refractivity contribution in [3.05, 3.63) is 60.2 Å². The zero-order valence-corrected chi connectivity index (χ0v) is 14.3. The van der Waals surface area contributed by atoms with Gasteiger partial charge in [0.25, 0.3) is 0 Å². The first-order valence-electron chi connectivity index (χ1n) is 8.49. The van der Waals surface area contributed by atoms with Crippen LogP contribution in [0.15, 0.2) is 43.1 Å². The summed E-state index contributed by atoms with van der Waals surface area (Å²) in [6.07, 6.45) is 9.50. The van der Waals surface area contributed by atoms with Crippen LogP contribution in [0.25, 0.3) is 0 Å². The van der Waals surface area contributed by atoms with Gasteiger partial charge in [-0.15, -0.1) is 5.10 Å². The number of hydrogen-bond acceptors (Lipinski definition) is 6. The van der Waals surface area contributed by atoms with Crippen LogP contribution < -0.4 is 5.32 Å². The minimum atomic E-state index is 0.247. The monoisotopic (exact) mass is 338 g/mol. The van der Waals surface area contributed by atoms with E-state index in [1.807, 2.05) is 48.6 Å². The van der Waals surface area contributed by atoms with E-state index in [0.717, 1.165) is 43.3 Å². The SMILES string of the molecule is Cn1ccnc1C1CNCCN1Cc1cn(Cc2cccnc2)nn1. The molecule has 8 nitrogen and oxygen atoms in total. The van der Waals surface area contributed by atoms with Crippen molar-refractivity contribution in [1.29, 1.82) is 0 Å². The second-order valence-corrected chi connectivity index (χ2v) is 6.36. The lowest BCUT2D eigenvalue weighted by Gasteiger charge is -2.35. The molecule has 1 atom stereocenters. The fourth-order valence-electron chi connectivity index (χ4n) is 3.26. The van der Waals surface area contributed by atoms with E-state index in [9.17, 15) is 0 Å². The molecule has 1 fully saturated rings. The first-order chi connectivity index (χ1) is 12.3. The number of imidazole rings is 1. The molecule has 4 heterocycles. The molecule has 130 valence electrons. The fraction of sp³-hybridized carbons (Fsp3) is 0.412. The number of aromatic nitrogens is 6. The lowest BCUT2D eigenvalue weighted by atomic mass is 10.1. The van der Waals surface area contributed by atoms with E-state index in [4.69, 9.17) is 0 Å². The molecule has 25 heavy (non-hydrogen) atoms. The molecule has 0 aromatic carbocycles. The van der Waals surface area contributed by atoms with Crippen LogP contribution >= 0.6 is 0 Å². The topological polar surface area (TPSA) is 76.7 Å². The Kier molecular flexibility index (Phi) is 4.53. The summed E-state index contributed by atoms with van der Waals surface area (Å²) in [7, 11) is 2.04. The summed E-state index contributed by atoms with van der Waals surface area (Å²) in [5, 5.41) is 12.1. The third-order valence-electron chi connectivity index (χ3n) is 4.53. The highest BCUT2D eigenvalue weighted by Crippen LogP contribution is 2.22. The molecule has 3 aromatic heterocycles. The van der Waals surface area contributed by atoms with Crippen LogP contribution in [-0.4, -0.2) is 54.1 Å². The Morgan fingerprint density at radius 1 is 1.28 bits per heavy atom. The molecule has 4 rings (SSSR count). The Morgan fingerprint density at radius 3 is 3.04 bits per heavy atom. The van der Waals surface area contributed by atoms with E-state index in [1.54, 1.807) is 6.20 Å². The van der Waals surface area contributed by atoms with E-state index in [-0.39, 0.29) is 6.04 Å². The number of nitrogens with one attached hydrogen (secondary N) is 1. The molecule has 1 N–H and O–H groups in total. The maximum absolute atomic E-state index is 4.53. The number of hydrogen-bond donors (Lipinski definition) is 1. The van der Waals surface area contributed by atoms with Gasteiger partial charge in [-0.1, -0.05) is 11.3 Å². The minimum Gasteiger partial charge on any atom is -0.337 e. The molecule has 3 aromatic rings. The van der Waals surface area contributed by atoms with Crippen molar-refractivity contribution in [2.45, 2.75) is 19.1 Å². The Balaban J connectivity index is 1.46. The average molecular weight is 338 g/mol. The smallest absolute Gasteiger partial charge is 0.127 e. The summed E-state index contributed by atoms with van der Waals surface area (Å²) in [6, 6.07) is 4.23. The van der Waals surface area contributed by atoms with Crippen molar-refractivity contribution in [1.82, 2.24) is 39.7 Å². The summed E-state index contributed by atoms with van der Waals surface area (Å²) in [6.45, 7) is 4.30. The van der Waals surface area contributed by atoms with Crippen LogP contribution in [0.3, 0.4) is 0 Å². The van der Waals surface area contributed by atoms with Gasteiger partial charge < -0.3 is 9.88 Å². The molecule has 0 amide bonds. The zero-order valence-electron chi connectivity index (χ0n) is 14.3. The standard InChI is InChI=1S/C17H22N8/c1-23-7-6-20-17(23)16-10-19-5-8-24(16)12-15-13-25(22-21-15)11-14-3-2-4-18-9-14/h2-4,6-7,9,13,16,19H,5,8,10-12H2,1H3. The highest BCUT2D eigenvalue weighted by molar-refractivity contribution is 5.09. The van der Waals surface area contributed by atoms with Crippen LogP contribution in [0.4, 0.5) is 0 Å². The van der Waals surface area contributed by atoms with E-state index < -0.39 is 0 Å². The van der Waals surface area contributed by atoms with Gasteiger partial charge in [-0.2, -0.15) is 0 Å². The number of aryl methyl sites for hydroxylation is 1. The van der Waals surface area contributed by atoms with Crippen molar-refractivity contribution in [2.24, 2.45) is 7.05 Å². The largest absolute Gasteiger partial charge is 0.337 e. The van der Waals surface area contributed by atoms with Crippen LogP contribution in [0, 0.1) is 0 Å². The van der Waals surface area contributed by atoms with Crippen molar-refractivity contribution in [3.8, 4) is 0 Å². The third-order valence-corrected chi connectivity index (χ3v) is 4.53. The van der Waals surface area contributed by atoms with Gasteiger partial charge in [-0.3, -0.25) is 9.88 Å². The molecule has 1 aliphatic rings. The van der Waals surface area contributed by atoms with Crippen molar-refractivity contribution in [3.63, 3.8) is 0 Å². The van der Waals surface area contributed by atoms with Gasteiger partial charge >= 0.3 is 0 Å². The molecular weight excluding hydrogens is 316 g/mol. The molecule has 1 aliphatic heterocycles. The normalized spacial score (nSPS) is 18.5. The summed E-state index contributed by atoms with van der Waals surface area (Å²) < 4.78 is 3.95. The van der Waals surface area contributed by atoms with Crippen LogP contribution in [-0.2, 0) is 20.1 Å². The zero-order chi connectivity index (χ0) is 17.1. The Morgan fingerprint density at radius 2 is 2.24 bits per heavy atom. The Bertz CT molecular complexity index is 809. The number of rotatable bonds is 5. The fourth-order valence-corrected chi connectivity index (χ4v) is 3.26. The third kappa shape index (κ3) is 3.59. The lowest BCUT2D eigenvalue weighted by Crippen LogP contribution is -2.46. The quantitative estimate of drug-likeness (QED) is 0.734. The van der Waals surface area contributed by atoms with Crippen LogP contribution in [0.5, 0.6) is 0 Å². The van der Waals surface area contributed by atoms with E-state index in [1.165, 1.54) is 0 Å². The summed E-state index contributed by atoms with van der Waals surface area (Å²) >= 11 is 0. The number of nitrogens with zero attached hydrogens (tertiary/aromatic N) is 7. The molecule has 8 heteroatoms. The van der Waals surface area contributed by atoms with Gasteiger partial charge in [0, 0.05) is 58.0 Å². The lowest BCUT2D eigenvalue weighted by molar-refractivity contribution is 0.143. The highest BCUT2D eigenvalue weighted by Gasteiger charge is 2.27. The Hall–Kier alpha value is -2.58. The maximum atomic E-state index is 4.53. The van der Waals surface area contributed by atoms with Crippen LogP contribution in [0.2, 0.25) is 0 Å². The minimum absolute atomic E-state index is 0.247. The molecule has 1 saturated heterocycles. The second-order valence-electron chi connectivity index (χ2n) is 6.36. The van der Waals surface area contributed by atoms with Crippen molar-refractivity contribution >= 4 is 0 Å². The van der Waals surface area contributed by atoms with Gasteiger partial charge in [-0.25, -0.2) is 9.67 Å². The molecule has 1 unspecified atom stereocenters. The average Bonchev–Trinajstić information content (AvgIpc) is 3.25. The summed E-state index contributed by atoms with van der Waals surface area (Å²) in [4.78, 5) is 11.1. The van der Waals surface area contributed by atoms with E-state index >= 15 is 0 Å². The molecule has 0 aliphatic carbocycles. The van der Waals surface area contributed by atoms with Gasteiger partial charge in [0.15, 0.2) is 0 Å². The summed E-state index contributed by atoms with van der Waals surface area (Å²) in [5.74, 6) is 1.08. The van der Waals surface area contributed by atoms with E-state index in [0.29, 0.717) is 6.54 Å². The molecule has 0 spiro atoms. The predicted molar refractivity (Wildman–Crippen MR) is 92.6 cm³/mol. The molecular formula is C17H22N8. The second kappa shape index (κ2) is 7.12. The number of piperazine rings is 1. The predicted octanol–water partition coefficient (Wildman–Crippen LogP) is 0.601. The van der Waals surface area contributed by atoms with Gasteiger partial charge in [0.1, 0.15) is 5.82 Å². The number of pyridine rings is 1. The molecule has 0 bridgehead atoms. The first-order valence-corrected chi connectivity index (χ1v) is 8.49. The summed E-state index contributed by atoms with van der Waals surface area (Å²) in [5.41, 5.74) is 2.09. The van der Waals surface area contributed by atoms with Gasteiger partial charge in [0.2, 0.25) is 0 Å². The highest BCUT2D eigenvalue weighted by atomic mass is 15.4. The molecule has 0 radical (unpaired) electrons.